The molecule has 1 aliphatic rings. The first-order valence-corrected chi connectivity index (χ1v) is 4.59. The van der Waals surface area contributed by atoms with E-state index in [1.54, 1.807) is 12.3 Å². The van der Waals surface area contributed by atoms with Gasteiger partial charge in [0.1, 0.15) is 18.0 Å². The Bertz CT molecular complexity index is 351. The van der Waals surface area contributed by atoms with Gasteiger partial charge in [0.2, 0.25) is 0 Å². The number of fused-ring (bicyclic) bond motifs is 1. The van der Waals surface area contributed by atoms with Crippen molar-refractivity contribution in [1.29, 1.82) is 0 Å². The monoisotopic (exact) mass is 245 g/mol. The molecule has 0 aliphatic carbocycles. The number of hydrogen-bond acceptors (Lipinski definition) is 2. The maximum Gasteiger partial charge on any atom is 0.146 e. The first-order valence-electron chi connectivity index (χ1n) is 3.42. The van der Waals surface area contributed by atoms with Gasteiger partial charge in [-0.1, -0.05) is 11.6 Å². The van der Waals surface area contributed by atoms with E-state index >= 15 is 0 Å². The molecule has 12 heavy (non-hydrogen) atoms. The van der Waals surface area contributed by atoms with Crippen molar-refractivity contribution < 1.29 is 4.74 Å². The van der Waals surface area contributed by atoms with Crippen molar-refractivity contribution in [2.75, 3.05) is 6.61 Å². The van der Waals surface area contributed by atoms with Crippen LogP contribution >= 0.6 is 27.5 Å². The van der Waals surface area contributed by atoms with Crippen LogP contribution in [0, 0.1) is 0 Å². The summed E-state index contributed by atoms with van der Waals surface area (Å²) < 4.78 is 6.15. The van der Waals surface area contributed by atoms with Crippen molar-refractivity contribution in [2.24, 2.45) is 4.99 Å². The van der Waals surface area contributed by atoms with Gasteiger partial charge in [0, 0.05) is 10.7 Å². The third kappa shape index (κ3) is 1.34. The lowest BCUT2D eigenvalue weighted by atomic mass is 10.3. The maximum atomic E-state index is 5.87. The van der Waals surface area contributed by atoms with Crippen LogP contribution < -0.4 is 4.74 Å². The number of halogens is 2. The minimum absolute atomic E-state index is 0.529. The van der Waals surface area contributed by atoms with E-state index in [4.69, 9.17) is 16.3 Å². The SMILES string of the molecule is Clc1cc2c(cc1Br)OCC=N2. The van der Waals surface area contributed by atoms with Crippen molar-refractivity contribution >= 4 is 39.4 Å². The average Bonchev–Trinajstić information content (AvgIpc) is 2.07. The Kier molecular flexibility index (Phi) is 2.07. The van der Waals surface area contributed by atoms with Crippen LogP contribution in [-0.2, 0) is 0 Å². The maximum absolute atomic E-state index is 5.87. The van der Waals surface area contributed by atoms with E-state index in [2.05, 4.69) is 20.9 Å². The molecule has 4 heteroatoms. The van der Waals surface area contributed by atoms with E-state index < -0.39 is 0 Å². The molecular formula is C8H5BrClNO. The van der Waals surface area contributed by atoms with Gasteiger partial charge in [0.25, 0.3) is 0 Å². The van der Waals surface area contributed by atoms with Gasteiger partial charge in [-0.25, -0.2) is 0 Å². The smallest absolute Gasteiger partial charge is 0.146 e. The Morgan fingerprint density at radius 1 is 1.50 bits per heavy atom. The molecule has 2 nitrogen and oxygen atoms in total. The van der Waals surface area contributed by atoms with Gasteiger partial charge in [0.15, 0.2) is 0 Å². The van der Waals surface area contributed by atoms with Gasteiger partial charge in [0.05, 0.1) is 5.02 Å². The summed E-state index contributed by atoms with van der Waals surface area (Å²) in [5.74, 6) is 0.772. The van der Waals surface area contributed by atoms with Crippen LogP contribution in [0.5, 0.6) is 5.75 Å². The van der Waals surface area contributed by atoms with Gasteiger partial charge in [-0.2, -0.15) is 0 Å². The van der Waals surface area contributed by atoms with E-state index in [-0.39, 0.29) is 0 Å². The standard InChI is InChI=1S/C8H5BrClNO/c9-5-3-8-7(4-6(5)10)11-1-2-12-8/h1,3-4H,2H2. The zero-order chi connectivity index (χ0) is 8.55. The number of ether oxygens (including phenoxy) is 1. The zero-order valence-electron chi connectivity index (χ0n) is 6.05. The first-order chi connectivity index (χ1) is 5.77. The van der Waals surface area contributed by atoms with Crippen molar-refractivity contribution in [2.45, 2.75) is 0 Å². The number of hydrogen-bond donors (Lipinski definition) is 0. The summed E-state index contributed by atoms with van der Waals surface area (Å²) in [6.45, 7) is 0.529. The fourth-order valence-electron chi connectivity index (χ4n) is 0.997. The molecule has 0 unspecified atom stereocenters. The lowest BCUT2D eigenvalue weighted by Gasteiger charge is -2.11. The topological polar surface area (TPSA) is 21.6 Å². The van der Waals surface area contributed by atoms with Gasteiger partial charge in [-0.15, -0.1) is 0 Å². The molecular weight excluding hydrogens is 241 g/mol. The number of rotatable bonds is 0. The van der Waals surface area contributed by atoms with Gasteiger partial charge >= 0.3 is 0 Å². The molecule has 1 heterocycles. The molecule has 0 aromatic heterocycles. The van der Waals surface area contributed by atoms with Gasteiger partial charge < -0.3 is 4.74 Å². The molecule has 0 bridgehead atoms. The molecule has 1 aromatic carbocycles. The van der Waals surface area contributed by atoms with Gasteiger partial charge in [-0.3, -0.25) is 4.99 Å². The highest BCUT2D eigenvalue weighted by Crippen LogP contribution is 2.37. The summed E-state index contributed by atoms with van der Waals surface area (Å²) in [6.07, 6.45) is 1.71. The van der Waals surface area contributed by atoms with Crippen molar-refractivity contribution in [3.8, 4) is 5.75 Å². The van der Waals surface area contributed by atoms with Crippen molar-refractivity contribution in [3.05, 3.63) is 21.6 Å². The van der Waals surface area contributed by atoms with Crippen LogP contribution in [0.1, 0.15) is 0 Å². The highest BCUT2D eigenvalue weighted by atomic mass is 79.9. The quantitative estimate of drug-likeness (QED) is 0.689. The molecule has 0 atom stereocenters. The van der Waals surface area contributed by atoms with E-state index in [1.807, 2.05) is 6.07 Å². The van der Waals surface area contributed by atoms with Crippen LogP contribution in [0.4, 0.5) is 5.69 Å². The molecule has 0 saturated heterocycles. The Labute approximate surface area is 83.3 Å². The van der Waals surface area contributed by atoms with Crippen molar-refractivity contribution in [3.63, 3.8) is 0 Å². The largest absolute Gasteiger partial charge is 0.486 e. The molecule has 0 N–H and O–H groups in total. The third-order valence-electron chi connectivity index (χ3n) is 1.55. The third-order valence-corrected chi connectivity index (χ3v) is 2.74. The highest BCUT2D eigenvalue weighted by molar-refractivity contribution is 9.10. The molecule has 1 aliphatic heterocycles. The summed E-state index contributed by atoms with van der Waals surface area (Å²) in [5, 5.41) is 0.649. The predicted molar refractivity (Wildman–Crippen MR) is 52.8 cm³/mol. The van der Waals surface area contributed by atoms with E-state index in [0.717, 1.165) is 15.9 Å². The fourth-order valence-corrected chi connectivity index (χ4v) is 1.48. The van der Waals surface area contributed by atoms with Gasteiger partial charge in [-0.05, 0) is 28.1 Å². The van der Waals surface area contributed by atoms with E-state index in [0.29, 0.717) is 11.6 Å². The minimum Gasteiger partial charge on any atom is -0.486 e. The van der Waals surface area contributed by atoms with E-state index in [9.17, 15) is 0 Å². The van der Waals surface area contributed by atoms with Crippen LogP contribution in [0.15, 0.2) is 21.6 Å². The summed E-state index contributed by atoms with van der Waals surface area (Å²) >= 11 is 9.18. The predicted octanol–water partition coefficient (Wildman–Crippen LogP) is 3.20. The second-order valence-electron chi connectivity index (χ2n) is 2.36. The van der Waals surface area contributed by atoms with E-state index in [1.165, 1.54) is 0 Å². The minimum atomic E-state index is 0.529. The number of nitrogens with zero attached hydrogens (tertiary/aromatic N) is 1. The van der Waals surface area contributed by atoms with Crippen molar-refractivity contribution in [1.82, 2.24) is 0 Å². The Morgan fingerprint density at radius 3 is 3.17 bits per heavy atom. The lowest BCUT2D eigenvalue weighted by Crippen LogP contribution is -2.02. The zero-order valence-corrected chi connectivity index (χ0v) is 8.39. The average molecular weight is 246 g/mol. The normalized spacial score (nSPS) is 13.8. The summed E-state index contributed by atoms with van der Waals surface area (Å²) in [4.78, 5) is 4.14. The molecule has 0 spiro atoms. The fraction of sp³-hybridized carbons (Fsp3) is 0.125. The summed E-state index contributed by atoms with van der Waals surface area (Å²) in [6, 6.07) is 3.60. The number of benzene rings is 1. The highest BCUT2D eigenvalue weighted by Gasteiger charge is 2.09. The molecule has 1 aromatic rings. The molecule has 0 radical (unpaired) electrons. The molecule has 0 saturated carbocycles. The van der Waals surface area contributed by atoms with Crippen LogP contribution in [0.25, 0.3) is 0 Å². The Morgan fingerprint density at radius 2 is 2.33 bits per heavy atom. The molecule has 2 rings (SSSR count). The summed E-state index contributed by atoms with van der Waals surface area (Å²) in [5.41, 5.74) is 0.787. The number of aliphatic imine (C=N–C) groups is 1. The molecule has 0 amide bonds. The molecule has 0 fully saturated rings. The Hall–Kier alpha value is -0.540. The second kappa shape index (κ2) is 3.07. The van der Waals surface area contributed by atoms with Crippen LogP contribution in [0.3, 0.4) is 0 Å². The lowest BCUT2D eigenvalue weighted by molar-refractivity contribution is 0.376. The molecule has 62 valence electrons. The summed E-state index contributed by atoms with van der Waals surface area (Å²) in [7, 11) is 0. The Balaban J connectivity index is 2.58. The van der Waals surface area contributed by atoms with Crippen LogP contribution in [0.2, 0.25) is 5.02 Å². The second-order valence-corrected chi connectivity index (χ2v) is 3.62. The van der Waals surface area contributed by atoms with Crippen LogP contribution in [-0.4, -0.2) is 12.8 Å². The first kappa shape index (κ1) is 8.08.